The highest BCUT2D eigenvalue weighted by Gasteiger charge is 2.23. The Kier molecular flexibility index (Phi) is 5.20. The molecule has 1 heterocycles. The fraction of sp³-hybridized carbons (Fsp3) is 0.786. The molecule has 1 atom stereocenters. The Morgan fingerprint density at radius 1 is 1.56 bits per heavy atom. The summed E-state index contributed by atoms with van der Waals surface area (Å²) in [7, 11) is 1.78. The van der Waals surface area contributed by atoms with Gasteiger partial charge < -0.3 is 9.64 Å². The van der Waals surface area contributed by atoms with Crippen molar-refractivity contribution in [2.75, 3.05) is 26.7 Å². The molecule has 4 nitrogen and oxygen atoms in total. The topological polar surface area (TPSA) is 32.8 Å². The molecule has 1 aliphatic heterocycles. The van der Waals surface area contributed by atoms with Gasteiger partial charge in [0.15, 0.2) is 0 Å². The Morgan fingerprint density at radius 3 is 2.78 bits per heavy atom. The summed E-state index contributed by atoms with van der Waals surface area (Å²) >= 11 is 0. The monoisotopic (exact) mass is 254 g/mol. The highest BCUT2D eigenvalue weighted by atomic mass is 16.6. The molecule has 0 saturated carbocycles. The highest BCUT2D eigenvalue weighted by Crippen LogP contribution is 2.17. The molecule has 0 unspecified atom stereocenters. The van der Waals surface area contributed by atoms with E-state index in [2.05, 4.69) is 11.5 Å². The average molecular weight is 254 g/mol. The van der Waals surface area contributed by atoms with E-state index >= 15 is 0 Å². The molecule has 18 heavy (non-hydrogen) atoms. The van der Waals surface area contributed by atoms with Crippen molar-refractivity contribution in [2.24, 2.45) is 0 Å². The standard InChI is InChI=1S/C14H26N2O2/c1-6-12-8-7-9-16(12)11-10-15(5)13(17)18-14(2,3)4/h6,12H,1,7-11H2,2-5H3/t12-/m0/s1. The molecule has 0 N–H and O–H groups in total. The number of likely N-dealkylation sites (N-methyl/N-ethyl adjacent to an activating group) is 1. The SMILES string of the molecule is C=C[C@H]1CCCN1CCN(C)C(=O)OC(C)(C)C. The van der Waals surface area contributed by atoms with E-state index < -0.39 is 5.60 Å². The van der Waals surface area contributed by atoms with Gasteiger partial charge in [0.2, 0.25) is 0 Å². The Hall–Kier alpha value is -1.03. The lowest BCUT2D eigenvalue weighted by molar-refractivity contribution is 0.0283. The van der Waals surface area contributed by atoms with Crippen LogP contribution in [0, 0.1) is 0 Å². The van der Waals surface area contributed by atoms with E-state index in [9.17, 15) is 4.79 Å². The number of amides is 1. The maximum Gasteiger partial charge on any atom is 0.410 e. The summed E-state index contributed by atoms with van der Waals surface area (Å²) in [6.07, 6.45) is 4.14. The van der Waals surface area contributed by atoms with E-state index in [4.69, 9.17) is 4.74 Å². The minimum Gasteiger partial charge on any atom is -0.444 e. The summed E-state index contributed by atoms with van der Waals surface area (Å²) in [6.45, 7) is 12.2. The Morgan fingerprint density at radius 2 is 2.22 bits per heavy atom. The summed E-state index contributed by atoms with van der Waals surface area (Å²) in [5.41, 5.74) is -0.428. The second kappa shape index (κ2) is 6.23. The normalized spacial score (nSPS) is 20.8. The van der Waals surface area contributed by atoms with Crippen LogP contribution in [0.4, 0.5) is 4.79 Å². The number of ether oxygens (including phenoxy) is 1. The predicted octanol–water partition coefficient (Wildman–Crippen LogP) is 2.50. The number of rotatable bonds is 4. The van der Waals surface area contributed by atoms with E-state index in [1.807, 2.05) is 26.8 Å². The van der Waals surface area contributed by atoms with Crippen molar-refractivity contribution in [3.63, 3.8) is 0 Å². The first-order chi connectivity index (χ1) is 8.33. The number of likely N-dealkylation sites (tertiary alicyclic amines) is 1. The molecule has 0 aromatic heterocycles. The van der Waals surface area contributed by atoms with Crippen LogP contribution in [-0.4, -0.2) is 54.2 Å². The van der Waals surface area contributed by atoms with Crippen LogP contribution < -0.4 is 0 Å². The lowest BCUT2D eigenvalue weighted by atomic mass is 10.2. The molecule has 1 saturated heterocycles. The van der Waals surface area contributed by atoms with Crippen molar-refractivity contribution in [3.8, 4) is 0 Å². The number of hydrogen-bond acceptors (Lipinski definition) is 3. The zero-order valence-corrected chi connectivity index (χ0v) is 12.1. The predicted molar refractivity (Wildman–Crippen MR) is 73.7 cm³/mol. The van der Waals surface area contributed by atoms with Gasteiger partial charge in [-0.05, 0) is 40.2 Å². The zero-order chi connectivity index (χ0) is 13.8. The van der Waals surface area contributed by atoms with Gasteiger partial charge in [-0.25, -0.2) is 4.79 Å². The van der Waals surface area contributed by atoms with E-state index in [1.165, 1.54) is 12.8 Å². The Labute approximate surface area is 111 Å². The molecule has 1 aliphatic rings. The quantitative estimate of drug-likeness (QED) is 0.723. The maximum atomic E-state index is 11.8. The van der Waals surface area contributed by atoms with Gasteiger partial charge >= 0.3 is 6.09 Å². The van der Waals surface area contributed by atoms with Crippen LogP contribution in [0.1, 0.15) is 33.6 Å². The van der Waals surface area contributed by atoms with Gasteiger partial charge in [-0.1, -0.05) is 6.08 Å². The molecule has 104 valence electrons. The largest absolute Gasteiger partial charge is 0.444 e. The summed E-state index contributed by atoms with van der Waals surface area (Å²) in [4.78, 5) is 15.8. The van der Waals surface area contributed by atoms with Crippen molar-refractivity contribution < 1.29 is 9.53 Å². The van der Waals surface area contributed by atoms with Crippen LogP contribution in [0.3, 0.4) is 0 Å². The minimum absolute atomic E-state index is 0.253. The smallest absolute Gasteiger partial charge is 0.410 e. The molecule has 0 bridgehead atoms. The molecule has 0 aromatic rings. The Bertz CT molecular complexity index is 297. The fourth-order valence-electron chi connectivity index (χ4n) is 2.11. The number of nitrogens with zero attached hydrogens (tertiary/aromatic N) is 2. The van der Waals surface area contributed by atoms with E-state index in [0.717, 1.165) is 13.1 Å². The van der Waals surface area contributed by atoms with Gasteiger partial charge in [0.1, 0.15) is 5.60 Å². The van der Waals surface area contributed by atoms with E-state index in [0.29, 0.717) is 12.6 Å². The summed E-state index contributed by atoms with van der Waals surface area (Å²) in [6, 6.07) is 0.469. The van der Waals surface area contributed by atoms with Crippen LogP contribution in [-0.2, 0) is 4.74 Å². The molecule has 1 amide bonds. The van der Waals surface area contributed by atoms with Gasteiger partial charge in [-0.3, -0.25) is 4.90 Å². The van der Waals surface area contributed by atoms with Gasteiger partial charge in [-0.15, -0.1) is 6.58 Å². The number of carbonyl (C=O) groups excluding carboxylic acids is 1. The van der Waals surface area contributed by atoms with Gasteiger partial charge in [-0.2, -0.15) is 0 Å². The van der Waals surface area contributed by atoms with Crippen molar-refractivity contribution in [1.82, 2.24) is 9.80 Å². The minimum atomic E-state index is -0.428. The van der Waals surface area contributed by atoms with Crippen LogP contribution in [0.15, 0.2) is 12.7 Å². The molecular weight excluding hydrogens is 228 g/mol. The molecule has 0 radical (unpaired) electrons. The van der Waals surface area contributed by atoms with Gasteiger partial charge in [0.25, 0.3) is 0 Å². The fourth-order valence-corrected chi connectivity index (χ4v) is 2.11. The Balaban J connectivity index is 2.34. The van der Waals surface area contributed by atoms with Crippen molar-refractivity contribution >= 4 is 6.09 Å². The molecular formula is C14H26N2O2. The van der Waals surface area contributed by atoms with Crippen molar-refractivity contribution in [2.45, 2.75) is 45.3 Å². The molecule has 0 spiro atoms. The molecule has 1 fully saturated rings. The first-order valence-electron chi connectivity index (χ1n) is 6.64. The van der Waals surface area contributed by atoms with Crippen LogP contribution in [0.2, 0.25) is 0 Å². The molecule has 4 heteroatoms. The zero-order valence-electron chi connectivity index (χ0n) is 12.1. The van der Waals surface area contributed by atoms with Gasteiger partial charge in [0, 0.05) is 26.2 Å². The molecule has 0 aliphatic carbocycles. The lowest BCUT2D eigenvalue weighted by Gasteiger charge is -2.27. The molecule has 1 rings (SSSR count). The average Bonchev–Trinajstić information content (AvgIpc) is 2.70. The van der Waals surface area contributed by atoms with Gasteiger partial charge in [0.05, 0.1) is 0 Å². The second-order valence-corrected chi connectivity index (χ2v) is 5.88. The van der Waals surface area contributed by atoms with Crippen molar-refractivity contribution in [1.29, 1.82) is 0 Å². The highest BCUT2D eigenvalue weighted by molar-refractivity contribution is 5.67. The van der Waals surface area contributed by atoms with Crippen LogP contribution >= 0.6 is 0 Å². The third kappa shape index (κ3) is 4.69. The van der Waals surface area contributed by atoms with E-state index in [1.54, 1.807) is 11.9 Å². The van der Waals surface area contributed by atoms with Crippen molar-refractivity contribution in [3.05, 3.63) is 12.7 Å². The first kappa shape index (κ1) is 15.0. The summed E-state index contributed by atoms with van der Waals surface area (Å²) in [5.74, 6) is 0. The summed E-state index contributed by atoms with van der Waals surface area (Å²) in [5, 5.41) is 0. The van der Waals surface area contributed by atoms with Crippen LogP contribution in [0.5, 0.6) is 0 Å². The third-order valence-electron chi connectivity index (χ3n) is 3.11. The van der Waals surface area contributed by atoms with E-state index in [-0.39, 0.29) is 6.09 Å². The number of hydrogen-bond donors (Lipinski definition) is 0. The summed E-state index contributed by atoms with van der Waals surface area (Å²) < 4.78 is 5.32. The second-order valence-electron chi connectivity index (χ2n) is 5.88. The third-order valence-corrected chi connectivity index (χ3v) is 3.11. The first-order valence-corrected chi connectivity index (χ1v) is 6.64. The number of carbonyl (C=O) groups is 1. The maximum absolute atomic E-state index is 11.8. The van der Waals surface area contributed by atoms with Crippen LogP contribution in [0.25, 0.3) is 0 Å². The molecule has 0 aromatic carbocycles. The lowest BCUT2D eigenvalue weighted by Crippen LogP contribution is -2.40.